The van der Waals surface area contributed by atoms with Gasteiger partial charge in [0.2, 0.25) is 0 Å². The molecule has 1 aliphatic heterocycles. The first kappa shape index (κ1) is 19.3. The zero-order chi connectivity index (χ0) is 19.6. The van der Waals surface area contributed by atoms with Crippen LogP contribution < -0.4 is 14.8 Å². The van der Waals surface area contributed by atoms with Crippen molar-refractivity contribution < 1.29 is 19.3 Å². The van der Waals surface area contributed by atoms with Crippen LogP contribution in [0.2, 0.25) is 0 Å². The largest absolute Gasteiger partial charge is 0.492 e. The molecule has 0 radical (unpaired) electrons. The molecule has 1 heterocycles. The predicted molar refractivity (Wildman–Crippen MR) is 108 cm³/mol. The Bertz CT molecular complexity index is 871. The topological polar surface area (TPSA) is 60.0 Å². The first-order valence-electron chi connectivity index (χ1n) is 8.95. The minimum atomic E-state index is -0.128. The Kier molecular flexibility index (Phi) is 5.44. The van der Waals surface area contributed by atoms with E-state index >= 15 is 0 Å². The third kappa shape index (κ3) is 3.66. The maximum absolute atomic E-state index is 10.2. The van der Waals surface area contributed by atoms with E-state index < -0.39 is 0 Å². The summed E-state index contributed by atoms with van der Waals surface area (Å²) in [6.07, 6.45) is 2.19. The van der Waals surface area contributed by atoms with Gasteiger partial charge in [-0.1, -0.05) is 24.3 Å². The van der Waals surface area contributed by atoms with Crippen LogP contribution in [0.5, 0.6) is 11.5 Å². The molecule has 2 aromatic rings. The molecule has 0 unspecified atom stereocenters. The van der Waals surface area contributed by atoms with Crippen molar-refractivity contribution in [2.75, 3.05) is 26.3 Å². The number of anilines is 1. The van der Waals surface area contributed by atoms with Crippen molar-refractivity contribution in [2.45, 2.75) is 32.9 Å². The van der Waals surface area contributed by atoms with Gasteiger partial charge < -0.3 is 24.6 Å². The van der Waals surface area contributed by atoms with Crippen molar-refractivity contribution in [3.8, 4) is 22.6 Å². The Hall–Kier alpha value is -2.50. The molecule has 5 nitrogen and oxygen atoms in total. The summed E-state index contributed by atoms with van der Waals surface area (Å²) in [4.78, 5) is 0. The lowest BCUT2D eigenvalue weighted by Crippen LogP contribution is -2.31. The summed E-state index contributed by atoms with van der Waals surface area (Å²) >= 11 is 0. The number of allylic oxidation sites excluding steroid dienone is 1. The molecular weight excluding hydrogens is 342 g/mol. The van der Waals surface area contributed by atoms with Crippen LogP contribution in [-0.4, -0.2) is 31.7 Å². The number of fused-ring (bicyclic) bond motifs is 1. The molecule has 2 aromatic carbocycles. The number of benzene rings is 2. The molecular formula is C22H27NO4. The molecule has 2 N–H and O–H groups in total. The fourth-order valence-corrected chi connectivity index (χ4v) is 3.79. The second-order valence-corrected chi connectivity index (χ2v) is 7.23. The predicted octanol–water partition coefficient (Wildman–Crippen LogP) is 4.44. The molecule has 0 spiro atoms. The van der Waals surface area contributed by atoms with Gasteiger partial charge in [-0.2, -0.15) is 0 Å². The number of nitrogens with one attached hydrogen (secondary N) is 1. The molecule has 3 rings (SSSR count). The molecule has 0 bridgehead atoms. The Morgan fingerprint density at radius 3 is 2.52 bits per heavy atom. The number of methoxy groups -OCH3 is 2. The second kappa shape index (κ2) is 7.62. The van der Waals surface area contributed by atoms with E-state index in [4.69, 9.17) is 14.2 Å². The number of hydrogen-bond acceptors (Lipinski definition) is 5. The standard InChI is InChI=1S/C22H27NO4/c1-14-11-22(2,3)23-18-10-9-15(17(12-24)20(14)18)16-7-6-8-19(21(16)26-5)27-13-25-4/h6-11,23-24H,12-13H2,1-5H3. The van der Waals surface area contributed by atoms with Gasteiger partial charge in [0.05, 0.1) is 19.3 Å². The van der Waals surface area contributed by atoms with E-state index in [0.29, 0.717) is 11.5 Å². The zero-order valence-corrected chi connectivity index (χ0v) is 16.6. The van der Waals surface area contributed by atoms with Crippen molar-refractivity contribution in [1.29, 1.82) is 0 Å². The highest BCUT2D eigenvalue weighted by Gasteiger charge is 2.26. The van der Waals surface area contributed by atoms with Crippen molar-refractivity contribution in [3.05, 3.63) is 47.5 Å². The van der Waals surface area contributed by atoms with Gasteiger partial charge in [-0.15, -0.1) is 0 Å². The van der Waals surface area contributed by atoms with Gasteiger partial charge in [0, 0.05) is 23.9 Å². The molecule has 144 valence electrons. The normalized spacial score (nSPS) is 14.8. The highest BCUT2D eigenvalue weighted by Crippen LogP contribution is 2.44. The van der Waals surface area contributed by atoms with Gasteiger partial charge in [-0.05, 0) is 49.6 Å². The average molecular weight is 369 g/mol. The quantitative estimate of drug-likeness (QED) is 0.737. The lowest BCUT2D eigenvalue weighted by molar-refractivity contribution is 0.0492. The lowest BCUT2D eigenvalue weighted by Gasteiger charge is -2.33. The molecule has 0 amide bonds. The summed E-state index contributed by atoms with van der Waals surface area (Å²) in [5.41, 5.74) is 5.74. The van der Waals surface area contributed by atoms with E-state index in [2.05, 4.69) is 38.2 Å². The molecule has 0 aliphatic carbocycles. The van der Waals surface area contributed by atoms with Crippen LogP contribution in [0.1, 0.15) is 31.9 Å². The van der Waals surface area contributed by atoms with Crippen LogP contribution >= 0.6 is 0 Å². The van der Waals surface area contributed by atoms with Crippen LogP contribution in [-0.2, 0) is 11.3 Å². The van der Waals surface area contributed by atoms with Gasteiger partial charge in [-0.25, -0.2) is 0 Å². The average Bonchev–Trinajstić information content (AvgIpc) is 2.64. The molecule has 1 aliphatic rings. The maximum Gasteiger partial charge on any atom is 0.188 e. The van der Waals surface area contributed by atoms with Crippen LogP contribution in [0, 0.1) is 0 Å². The SMILES string of the molecule is COCOc1cccc(-c2ccc3c(c2CO)C(C)=CC(C)(C)N3)c1OC. The number of aliphatic hydroxyl groups is 1. The zero-order valence-electron chi connectivity index (χ0n) is 16.6. The first-order valence-corrected chi connectivity index (χ1v) is 8.95. The van der Waals surface area contributed by atoms with E-state index in [9.17, 15) is 5.11 Å². The van der Waals surface area contributed by atoms with E-state index in [1.165, 1.54) is 0 Å². The van der Waals surface area contributed by atoms with Crippen molar-refractivity contribution >= 4 is 11.3 Å². The summed E-state index contributed by atoms with van der Waals surface area (Å²) in [6, 6.07) is 9.80. The van der Waals surface area contributed by atoms with E-state index in [-0.39, 0.29) is 18.9 Å². The summed E-state index contributed by atoms with van der Waals surface area (Å²) in [5.74, 6) is 1.22. The van der Waals surface area contributed by atoms with Crippen molar-refractivity contribution in [3.63, 3.8) is 0 Å². The number of para-hydroxylation sites is 1. The van der Waals surface area contributed by atoms with Crippen LogP contribution in [0.15, 0.2) is 36.4 Å². The minimum absolute atomic E-state index is 0.0713. The molecule has 5 heteroatoms. The second-order valence-electron chi connectivity index (χ2n) is 7.23. The number of aliphatic hydroxyl groups excluding tert-OH is 1. The Morgan fingerprint density at radius 2 is 1.85 bits per heavy atom. The smallest absolute Gasteiger partial charge is 0.188 e. The van der Waals surface area contributed by atoms with E-state index in [1.54, 1.807) is 14.2 Å². The maximum atomic E-state index is 10.2. The van der Waals surface area contributed by atoms with E-state index in [0.717, 1.165) is 33.5 Å². The first-order chi connectivity index (χ1) is 12.9. The fourth-order valence-electron chi connectivity index (χ4n) is 3.79. The highest BCUT2D eigenvalue weighted by molar-refractivity contribution is 5.88. The highest BCUT2D eigenvalue weighted by atomic mass is 16.7. The molecule has 0 saturated carbocycles. The molecule has 27 heavy (non-hydrogen) atoms. The Balaban J connectivity index is 2.18. The molecule has 0 atom stereocenters. The summed E-state index contributed by atoms with van der Waals surface area (Å²) in [5, 5.41) is 13.7. The minimum Gasteiger partial charge on any atom is -0.492 e. The summed E-state index contributed by atoms with van der Waals surface area (Å²) < 4.78 is 16.3. The molecule has 0 fully saturated rings. The third-order valence-electron chi connectivity index (χ3n) is 4.71. The summed E-state index contributed by atoms with van der Waals surface area (Å²) in [7, 11) is 3.19. The van der Waals surface area contributed by atoms with Gasteiger partial charge >= 0.3 is 0 Å². The third-order valence-corrected chi connectivity index (χ3v) is 4.71. The monoisotopic (exact) mass is 369 g/mol. The molecule has 0 aromatic heterocycles. The van der Waals surface area contributed by atoms with E-state index in [1.807, 2.05) is 24.3 Å². The van der Waals surface area contributed by atoms with Crippen molar-refractivity contribution in [1.82, 2.24) is 0 Å². The number of hydrogen-bond donors (Lipinski definition) is 2. The lowest BCUT2D eigenvalue weighted by atomic mass is 9.85. The Labute approximate surface area is 160 Å². The van der Waals surface area contributed by atoms with Gasteiger partial charge in [0.1, 0.15) is 0 Å². The fraction of sp³-hybridized carbons (Fsp3) is 0.364. The van der Waals surface area contributed by atoms with Gasteiger partial charge in [0.15, 0.2) is 18.3 Å². The van der Waals surface area contributed by atoms with Crippen LogP contribution in [0.3, 0.4) is 0 Å². The van der Waals surface area contributed by atoms with Crippen molar-refractivity contribution in [2.24, 2.45) is 0 Å². The molecule has 0 saturated heterocycles. The Morgan fingerprint density at radius 1 is 1.07 bits per heavy atom. The summed E-state index contributed by atoms with van der Waals surface area (Å²) in [6.45, 7) is 6.41. The number of ether oxygens (including phenoxy) is 3. The van der Waals surface area contributed by atoms with Crippen LogP contribution in [0.25, 0.3) is 16.7 Å². The van der Waals surface area contributed by atoms with Crippen LogP contribution in [0.4, 0.5) is 5.69 Å². The number of rotatable bonds is 6. The van der Waals surface area contributed by atoms with Gasteiger partial charge in [0.25, 0.3) is 0 Å². The van der Waals surface area contributed by atoms with Gasteiger partial charge in [-0.3, -0.25) is 0 Å².